The predicted octanol–water partition coefficient (Wildman–Crippen LogP) is 2.75. The maximum atomic E-state index is 12.9. The first-order valence-electron chi connectivity index (χ1n) is 8.52. The van der Waals surface area contributed by atoms with Crippen LogP contribution in [0.2, 0.25) is 5.02 Å². The fraction of sp³-hybridized carbons (Fsp3) is 0.278. The lowest BCUT2D eigenvalue weighted by molar-refractivity contribution is 0.102. The van der Waals surface area contributed by atoms with Crippen LogP contribution in [0.3, 0.4) is 0 Å². The molecule has 0 spiro atoms. The van der Waals surface area contributed by atoms with E-state index < -0.39 is 15.9 Å². The topological polar surface area (TPSA) is 95.7 Å². The van der Waals surface area contributed by atoms with Gasteiger partial charge < -0.3 is 15.1 Å². The number of carbonyl (C=O) groups excluding carboxylic acids is 1. The zero-order valence-corrected chi connectivity index (χ0v) is 18.3. The number of halogens is 2. The highest BCUT2D eigenvalue weighted by Crippen LogP contribution is 2.31. The van der Waals surface area contributed by atoms with Gasteiger partial charge in [-0.15, -0.1) is 0 Å². The predicted molar refractivity (Wildman–Crippen MR) is 115 cm³/mol. The number of nitrogens with zero attached hydrogens (tertiary/aromatic N) is 2. The van der Waals surface area contributed by atoms with Gasteiger partial charge in [-0.05, 0) is 59.4 Å². The zero-order valence-electron chi connectivity index (χ0n) is 15.2. The Hall–Kier alpha value is -1.65. The minimum atomic E-state index is -3.92. The second-order valence-electron chi connectivity index (χ2n) is 6.59. The van der Waals surface area contributed by atoms with E-state index in [9.17, 15) is 13.2 Å². The zero-order chi connectivity index (χ0) is 20.5. The summed E-state index contributed by atoms with van der Waals surface area (Å²) in [4.78, 5) is 17.2. The molecule has 10 heteroatoms. The maximum absolute atomic E-state index is 12.9. The molecule has 1 aliphatic rings. The average Bonchev–Trinajstić information content (AvgIpc) is 2.62. The number of nitrogens with two attached hydrogens (primary N) is 1. The summed E-state index contributed by atoms with van der Waals surface area (Å²) >= 11 is 9.43. The van der Waals surface area contributed by atoms with Crippen molar-refractivity contribution in [2.75, 3.05) is 43.4 Å². The number of benzene rings is 2. The van der Waals surface area contributed by atoms with E-state index in [0.717, 1.165) is 31.9 Å². The Balaban J connectivity index is 1.92. The van der Waals surface area contributed by atoms with E-state index in [1.54, 1.807) is 12.1 Å². The first-order valence-corrected chi connectivity index (χ1v) is 11.2. The Labute approximate surface area is 177 Å². The van der Waals surface area contributed by atoms with Crippen LogP contribution in [-0.2, 0) is 10.0 Å². The van der Waals surface area contributed by atoms with Gasteiger partial charge in [0.2, 0.25) is 10.0 Å². The number of sulfonamides is 1. The third-order valence-electron chi connectivity index (χ3n) is 4.56. The molecule has 3 N–H and O–H groups in total. The number of piperazine rings is 1. The van der Waals surface area contributed by atoms with E-state index in [0.29, 0.717) is 15.2 Å². The van der Waals surface area contributed by atoms with E-state index in [2.05, 4.69) is 38.1 Å². The van der Waals surface area contributed by atoms with Crippen molar-refractivity contribution in [2.24, 2.45) is 5.14 Å². The van der Waals surface area contributed by atoms with Crippen LogP contribution in [0.15, 0.2) is 45.8 Å². The summed E-state index contributed by atoms with van der Waals surface area (Å²) < 4.78 is 23.7. The molecule has 1 fully saturated rings. The first-order chi connectivity index (χ1) is 13.1. The third-order valence-corrected chi connectivity index (χ3v) is 6.40. The molecule has 2 aromatic rings. The van der Waals surface area contributed by atoms with Crippen LogP contribution in [-0.4, -0.2) is 52.5 Å². The molecule has 150 valence electrons. The number of carbonyl (C=O) groups is 1. The van der Waals surface area contributed by atoms with E-state index >= 15 is 0 Å². The minimum absolute atomic E-state index is 0.133. The SMILES string of the molecule is CN1CCN(c2ccc(Cl)cc2NC(=O)c2cc(S(N)(=O)=O)ccc2Br)CC1. The average molecular weight is 488 g/mol. The van der Waals surface area contributed by atoms with Gasteiger partial charge in [-0.3, -0.25) is 4.79 Å². The van der Waals surface area contributed by atoms with Crippen molar-refractivity contribution in [1.82, 2.24) is 4.90 Å². The number of hydrogen-bond acceptors (Lipinski definition) is 5. The number of rotatable bonds is 4. The smallest absolute Gasteiger partial charge is 0.256 e. The standard InChI is InChI=1S/C18H20BrClN4O3S/c1-23-6-8-24(9-7-23)17-5-2-12(20)10-16(17)22-18(25)14-11-13(28(21,26)27)3-4-15(14)19/h2-5,10-11H,6-9H2,1H3,(H,22,25)(H2,21,26,27). The molecule has 3 rings (SSSR count). The normalized spacial score (nSPS) is 15.5. The van der Waals surface area contributed by atoms with Crippen molar-refractivity contribution in [2.45, 2.75) is 4.90 Å². The van der Waals surface area contributed by atoms with Crippen LogP contribution in [0.25, 0.3) is 0 Å². The molecular formula is C18H20BrClN4O3S. The van der Waals surface area contributed by atoms with Crippen LogP contribution in [0.5, 0.6) is 0 Å². The van der Waals surface area contributed by atoms with Crippen molar-refractivity contribution in [1.29, 1.82) is 0 Å². The van der Waals surface area contributed by atoms with Gasteiger partial charge in [0, 0.05) is 35.7 Å². The molecule has 1 aliphatic heterocycles. The van der Waals surface area contributed by atoms with E-state index in [1.165, 1.54) is 18.2 Å². The summed E-state index contributed by atoms with van der Waals surface area (Å²) in [6.07, 6.45) is 0. The molecule has 2 aromatic carbocycles. The molecule has 1 amide bonds. The highest BCUT2D eigenvalue weighted by Gasteiger charge is 2.20. The lowest BCUT2D eigenvalue weighted by Gasteiger charge is -2.35. The van der Waals surface area contributed by atoms with Crippen LogP contribution in [0.1, 0.15) is 10.4 Å². The Morgan fingerprint density at radius 3 is 2.46 bits per heavy atom. The molecule has 28 heavy (non-hydrogen) atoms. The van der Waals surface area contributed by atoms with Crippen LogP contribution in [0, 0.1) is 0 Å². The molecule has 0 saturated carbocycles. The van der Waals surface area contributed by atoms with Gasteiger partial charge in [0.15, 0.2) is 0 Å². The summed E-state index contributed by atoms with van der Waals surface area (Å²) in [6, 6.07) is 9.40. The second-order valence-corrected chi connectivity index (χ2v) is 9.44. The second kappa shape index (κ2) is 8.38. The third kappa shape index (κ3) is 4.84. The number of amides is 1. The highest BCUT2D eigenvalue weighted by molar-refractivity contribution is 9.10. The van der Waals surface area contributed by atoms with E-state index in [-0.39, 0.29) is 10.5 Å². The van der Waals surface area contributed by atoms with Crippen molar-refractivity contribution < 1.29 is 13.2 Å². The number of nitrogens with one attached hydrogen (secondary N) is 1. The Morgan fingerprint density at radius 2 is 1.82 bits per heavy atom. The number of hydrogen-bond donors (Lipinski definition) is 2. The lowest BCUT2D eigenvalue weighted by atomic mass is 10.1. The molecule has 0 atom stereocenters. The number of anilines is 2. The van der Waals surface area contributed by atoms with Gasteiger partial charge in [0.1, 0.15) is 0 Å². The van der Waals surface area contributed by atoms with Gasteiger partial charge in [-0.25, -0.2) is 13.6 Å². The molecule has 1 saturated heterocycles. The number of likely N-dealkylation sites (N-methyl/N-ethyl adjacent to an activating group) is 1. The Kier molecular flexibility index (Phi) is 6.31. The van der Waals surface area contributed by atoms with Crippen LogP contribution < -0.4 is 15.4 Å². The first kappa shape index (κ1) is 21.1. The lowest BCUT2D eigenvalue weighted by Crippen LogP contribution is -2.44. The summed E-state index contributed by atoms with van der Waals surface area (Å²) in [5.74, 6) is -0.463. The number of primary sulfonamides is 1. The largest absolute Gasteiger partial charge is 0.367 e. The maximum Gasteiger partial charge on any atom is 0.256 e. The van der Waals surface area contributed by atoms with Crippen molar-refractivity contribution in [3.05, 3.63) is 51.5 Å². The van der Waals surface area contributed by atoms with Crippen LogP contribution >= 0.6 is 27.5 Å². The highest BCUT2D eigenvalue weighted by atomic mass is 79.9. The van der Waals surface area contributed by atoms with Gasteiger partial charge in [-0.1, -0.05) is 11.6 Å². The molecule has 0 aromatic heterocycles. The van der Waals surface area contributed by atoms with Crippen molar-refractivity contribution >= 4 is 54.8 Å². The molecule has 0 aliphatic carbocycles. The fourth-order valence-corrected chi connectivity index (χ4v) is 4.12. The Morgan fingerprint density at radius 1 is 1.14 bits per heavy atom. The monoisotopic (exact) mass is 486 g/mol. The van der Waals surface area contributed by atoms with Gasteiger partial charge >= 0.3 is 0 Å². The molecule has 7 nitrogen and oxygen atoms in total. The molecular weight excluding hydrogens is 468 g/mol. The summed E-state index contributed by atoms with van der Waals surface area (Å²) in [5, 5.41) is 8.52. The summed E-state index contributed by atoms with van der Waals surface area (Å²) in [7, 11) is -1.85. The quantitative estimate of drug-likeness (QED) is 0.691. The van der Waals surface area contributed by atoms with Gasteiger partial charge in [-0.2, -0.15) is 0 Å². The molecule has 0 bridgehead atoms. The van der Waals surface area contributed by atoms with Crippen molar-refractivity contribution in [3.63, 3.8) is 0 Å². The Bertz CT molecular complexity index is 1010. The molecule has 0 unspecified atom stereocenters. The van der Waals surface area contributed by atoms with Gasteiger partial charge in [0.05, 0.1) is 21.8 Å². The fourth-order valence-electron chi connectivity index (χ4n) is 2.98. The molecule has 0 radical (unpaired) electrons. The van der Waals surface area contributed by atoms with E-state index in [4.69, 9.17) is 16.7 Å². The van der Waals surface area contributed by atoms with Crippen molar-refractivity contribution in [3.8, 4) is 0 Å². The summed E-state index contributed by atoms with van der Waals surface area (Å²) in [5.41, 5.74) is 1.59. The van der Waals surface area contributed by atoms with E-state index in [1.807, 2.05) is 6.07 Å². The summed E-state index contributed by atoms with van der Waals surface area (Å²) in [6.45, 7) is 3.48. The minimum Gasteiger partial charge on any atom is -0.367 e. The molecule has 1 heterocycles. The van der Waals surface area contributed by atoms with Gasteiger partial charge in [0.25, 0.3) is 5.91 Å². The van der Waals surface area contributed by atoms with Crippen LogP contribution in [0.4, 0.5) is 11.4 Å².